The van der Waals surface area contributed by atoms with Gasteiger partial charge in [0.25, 0.3) is 5.91 Å². The molecule has 9 heteroatoms. The van der Waals surface area contributed by atoms with Crippen molar-refractivity contribution in [3.8, 4) is 0 Å². The van der Waals surface area contributed by atoms with Crippen molar-refractivity contribution >= 4 is 34.1 Å². The Morgan fingerprint density at radius 3 is 2.13 bits per heavy atom. The molecule has 0 aliphatic rings. The van der Waals surface area contributed by atoms with E-state index in [0.29, 0.717) is 15.2 Å². The Kier molecular flexibility index (Phi) is 6.52. The number of nitrogens with zero attached hydrogens (tertiary/aromatic N) is 2. The monoisotopic (exact) mass is 451 g/mol. The Hall–Kier alpha value is -2.39. The highest BCUT2D eigenvalue weighted by Crippen LogP contribution is 2.31. The minimum atomic E-state index is -4.44. The fourth-order valence-electron chi connectivity index (χ4n) is 2.54. The van der Waals surface area contributed by atoms with Gasteiger partial charge >= 0.3 is 6.18 Å². The van der Waals surface area contributed by atoms with E-state index in [1.807, 2.05) is 0 Å². The molecule has 0 fully saturated rings. The average Bonchev–Trinajstić information content (AvgIpc) is 3.13. The van der Waals surface area contributed by atoms with Crippen LogP contribution in [-0.2, 0) is 17.3 Å². The van der Waals surface area contributed by atoms with E-state index in [9.17, 15) is 18.0 Å². The highest BCUT2D eigenvalue weighted by Gasteiger charge is 2.30. The Morgan fingerprint density at radius 1 is 0.967 bits per heavy atom. The highest BCUT2D eigenvalue weighted by atomic mass is 32.2. The molecule has 0 radical (unpaired) electrons. The molecule has 1 heterocycles. The number of alkyl halides is 3. The van der Waals surface area contributed by atoms with E-state index in [0.717, 1.165) is 29.8 Å². The number of anilines is 1. The van der Waals surface area contributed by atoms with Gasteiger partial charge in [0.05, 0.1) is 5.56 Å². The van der Waals surface area contributed by atoms with Crippen molar-refractivity contribution < 1.29 is 18.0 Å². The summed E-state index contributed by atoms with van der Waals surface area (Å²) < 4.78 is 38.5. The van der Waals surface area contributed by atoms with Gasteiger partial charge in [-0.15, -0.1) is 10.2 Å². The number of nitrogens with one attached hydrogen (secondary N) is 1. The van der Waals surface area contributed by atoms with E-state index < -0.39 is 17.6 Å². The zero-order valence-electron chi connectivity index (χ0n) is 16.6. The molecule has 0 saturated carbocycles. The number of carbonyl (C=O) groups excluding carboxylic acids is 1. The van der Waals surface area contributed by atoms with Crippen LogP contribution in [-0.4, -0.2) is 16.1 Å². The largest absolute Gasteiger partial charge is 0.416 e. The van der Waals surface area contributed by atoms with E-state index in [2.05, 4.69) is 60.6 Å². The van der Waals surface area contributed by atoms with Crippen molar-refractivity contribution in [2.45, 2.75) is 42.5 Å². The minimum Gasteiger partial charge on any atom is -0.296 e. The summed E-state index contributed by atoms with van der Waals surface area (Å²) in [6, 6.07) is 12.4. The molecule has 1 N–H and O–H groups in total. The van der Waals surface area contributed by atoms with Gasteiger partial charge in [0.1, 0.15) is 0 Å². The highest BCUT2D eigenvalue weighted by molar-refractivity contribution is 8.00. The molecule has 0 aliphatic heterocycles. The Labute approximate surface area is 180 Å². The van der Waals surface area contributed by atoms with Crippen molar-refractivity contribution in [1.82, 2.24) is 10.2 Å². The molecule has 1 aromatic heterocycles. The molecule has 158 valence electrons. The molecule has 4 nitrogen and oxygen atoms in total. The lowest BCUT2D eigenvalue weighted by molar-refractivity contribution is -0.137. The van der Waals surface area contributed by atoms with Crippen LogP contribution in [0.15, 0.2) is 52.9 Å². The number of benzene rings is 2. The second-order valence-electron chi connectivity index (χ2n) is 7.64. The van der Waals surface area contributed by atoms with E-state index in [1.54, 1.807) is 0 Å². The molecule has 30 heavy (non-hydrogen) atoms. The number of hydrogen-bond donors (Lipinski definition) is 1. The van der Waals surface area contributed by atoms with Gasteiger partial charge in [0.15, 0.2) is 4.34 Å². The molecule has 0 bridgehead atoms. The number of halogens is 3. The standard InChI is InChI=1S/C21H20F3N3OS2/c1-20(2,3)15-8-4-13(5-9-15)12-29-19-27-26-18(30-19)25-17(28)14-6-10-16(11-7-14)21(22,23)24/h4-11H,12H2,1-3H3,(H,25,26,28). The lowest BCUT2D eigenvalue weighted by Gasteiger charge is -2.19. The van der Waals surface area contributed by atoms with Crippen LogP contribution in [0, 0.1) is 0 Å². The van der Waals surface area contributed by atoms with Crippen LogP contribution in [0.2, 0.25) is 0 Å². The third-order valence-corrected chi connectivity index (χ3v) is 6.33. The molecule has 3 rings (SSSR count). The average molecular weight is 452 g/mol. The summed E-state index contributed by atoms with van der Waals surface area (Å²) in [4.78, 5) is 12.2. The van der Waals surface area contributed by atoms with Gasteiger partial charge in [-0.25, -0.2) is 0 Å². The first-order valence-corrected chi connectivity index (χ1v) is 10.9. The second kappa shape index (κ2) is 8.77. The van der Waals surface area contributed by atoms with E-state index >= 15 is 0 Å². The molecule has 2 aromatic carbocycles. The lowest BCUT2D eigenvalue weighted by atomic mass is 9.87. The molecular weight excluding hydrogens is 431 g/mol. The molecule has 3 aromatic rings. The van der Waals surface area contributed by atoms with Crippen molar-refractivity contribution in [3.05, 3.63) is 70.8 Å². The van der Waals surface area contributed by atoms with Gasteiger partial charge in [-0.2, -0.15) is 13.2 Å². The van der Waals surface area contributed by atoms with Crippen LogP contribution in [0.5, 0.6) is 0 Å². The third kappa shape index (κ3) is 5.82. The molecule has 0 unspecified atom stereocenters. The number of amides is 1. The third-order valence-electron chi connectivity index (χ3n) is 4.28. The van der Waals surface area contributed by atoms with Gasteiger partial charge in [-0.05, 0) is 40.8 Å². The fraction of sp³-hybridized carbons (Fsp3) is 0.286. The topological polar surface area (TPSA) is 54.9 Å². The van der Waals surface area contributed by atoms with Gasteiger partial charge in [0, 0.05) is 11.3 Å². The zero-order valence-corrected chi connectivity index (χ0v) is 18.2. The molecule has 0 atom stereocenters. The Morgan fingerprint density at radius 2 is 1.57 bits per heavy atom. The summed E-state index contributed by atoms with van der Waals surface area (Å²) >= 11 is 2.72. The Balaban J connectivity index is 1.56. The van der Waals surface area contributed by atoms with Crippen molar-refractivity contribution in [3.63, 3.8) is 0 Å². The normalized spacial score (nSPS) is 12.1. The van der Waals surface area contributed by atoms with Crippen molar-refractivity contribution in [2.24, 2.45) is 0 Å². The maximum absolute atomic E-state index is 12.6. The predicted molar refractivity (Wildman–Crippen MR) is 114 cm³/mol. The summed E-state index contributed by atoms with van der Waals surface area (Å²) in [5.41, 5.74) is 1.83. The van der Waals surface area contributed by atoms with Crippen molar-refractivity contribution in [2.75, 3.05) is 5.32 Å². The van der Waals surface area contributed by atoms with E-state index in [1.165, 1.54) is 28.7 Å². The summed E-state index contributed by atoms with van der Waals surface area (Å²) in [6.07, 6.45) is -4.44. The van der Waals surface area contributed by atoms with Crippen LogP contribution in [0.3, 0.4) is 0 Å². The van der Waals surface area contributed by atoms with Gasteiger partial charge in [0.2, 0.25) is 5.13 Å². The van der Waals surface area contributed by atoms with Crippen LogP contribution < -0.4 is 5.32 Å². The van der Waals surface area contributed by atoms with Crippen molar-refractivity contribution in [1.29, 1.82) is 0 Å². The number of thioether (sulfide) groups is 1. The maximum atomic E-state index is 12.6. The summed E-state index contributed by atoms with van der Waals surface area (Å²) in [7, 11) is 0. The summed E-state index contributed by atoms with van der Waals surface area (Å²) in [5, 5.41) is 10.8. The van der Waals surface area contributed by atoms with E-state index in [4.69, 9.17) is 0 Å². The zero-order chi connectivity index (χ0) is 21.9. The first-order valence-electron chi connectivity index (χ1n) is 9.07. The van der Waals surface area contributed by atoms with Crippen LogP contribution in [0.4, 0.5) is 18.3 Å². The minimum absolute atomic E-state index is 0.102. The molecule has 0 spiro atoms. The fourth-order valence-corrected chi connectivity index (χ4v) is 4.25. The molecule has 0 saturated heterocycles. The van der Waals surface area contributed by atoms with Gasteiger partial charge in [-0.1, -0.05) is 68.1 Å². The number of hydrogen-bond acceptors (Lipinski definition) is 5. The predicted octanol–water partition coefficient (Wildman–Crippen LogP) is 6.40. The van der Waals surface area contributed by atoms with Gasteiger partial charge in [-0.3, -0.25) is 10.1 Å². The van der Waals surface area contributed by atoms with Crippen LogP contribution in [0.25, 0.3) is 0 Å². The van der Waals surface area contributed by atoms with Gasteiger partial charge < -0.3 is 0 Å². The number of rotatable bonds is 5. The molecular formula is C21H20F3N3OS2. The smallest absolute Gasteiger partial charge is 0.296 e. The maximum Gasteiger partial charge on any atom is 0.416 e. The SMILES string of the molecule is CC(C)(C)c1ccc(CSc2nnc(NC(=O)c3ccc(C(F)(F)F)cc3)s2)cc1. The summed E-state index contributed by atoms with van der Waals surface area (Å²) in [6.45, 7) is 6.50. The molecule has 0 aliphatic carbocycles. The number of carbonyl (C=O) groups is 1. The van der Waals surface area contributed by atoms with Crippen LogP contribution in [0.1, 0.15) is 47.8 Å². The van der Waals surface area contributed by atoms with E-state index in [-0.39, 0.29) is 11.0 Å². The number of aromatic nitrogens is 2. The summed E-state index contributed by atoms with van der Waals surface area (Å²) in [5.74, 6) is 0.181. The van der Waals surface area contributed by atoms with Crippen LogP contribution >= 0.6 is 23.1 Å². The lowest BCUT2D eigenvalue weighted by Crippen LogP contribution is -2.12. The molecule has 1 amide bonds. The Bertz CT molecular complexity index is 1010. The first-order chi connectivity index (χ1) is 14.0. The second-order valence-corrected chi connectivity index (χ2v) is 9.84. The first kappa shape index (κ1) is 22.3. The quantitative estimate of drug-likeness (QED) is 0.360.